The lowest BCUT2D eigenvalue weighted by molar-refractivity contribution is 0.408. The van der Waals surface area contributed by atoms with Crippen molar-refractivity contribution in [2.24, 2.45) is 4.99 Å². The van der Waals surface area contributed by atoms with E-state index in [0.29, 0.717) is 6.04 Å². The second-order valence-corrected chi connectivity index (χ2v) is 7.43. The van der Waals surface area contributed by atoms with E-state index >= 15 is 0 Å². The molecule has 0 radical (unpaired) electrons. The molecule has 0 N–H and O–H groups in total. The van der Waals surface area contributed by atoms with Crippen molar-refractivity contribution >= 4 is 6.21 Å². The number of benzene rings is 1. The van der Waals surface area contributed by atoms with E-state index in [4.69, 9.17) is 9.73 Å². The molecule has 0 heterocycles. The zero-order valence-corrected chi connectivity index (χ0v) is 14.9. The Hall–Kier alpha value is -1.31. The first-order valence-electron chi connectivity index (χ1n) is 8.70. The zero-order valence-electron chi connectivity index (χ0n) is 14.9. The highest BCUT2D eigenvalue weighted by atomic mass is 16.5. The predicted octanol–water partition coefficient (Wildman–Crippen LogP) is 5.31. The monoisotopic (exact) mass is 301 g/mol. The highest BCUT2D eigenvalue weighted by Gasteiger charge is 2.18. The van der Waals surface area contributed by atoms with Crippen LogP contribution in [0, 0.1) is 0 Å². The molecule has 2 heteroatoms. The number of aryl methyl sites for hydroxylation is 1. The van der Waals surface area contributed by atoms with Crippen LogP contribution in [-0.2, 0) is 11.8 Å². The van der Waals surface area contributed by atoms with Crippen molar-refractivity contribution in [1.82, 2.24) is 0 Å². The summed E-state index contributed by atoms with van der Waals surface area (Å²) in [5.74, 6) is 0.995. The third-order valence-corrected chi connectivity index (χ3v) is 4.64. The summed E-state index contributed by atoms with van der Waals surface area (Å²) in [5.41, 5.74) is 3.91. The summed E-state index contributed by atoms with van der Waals surface area (Å²) >= 11 is 0. The minimum atomic E-state index is 0.142. The number of hydrogen-bond donors (Lipinski definition) is 0. The lowest BCUT2D eigenvalue weighted by Crippen LogP contribution is -2.14. The van der Waals surface area contributed by atoms with Crippen molar-refractivity contribution in [3.63, 3.8) is 0 Å². The number of rotatable bonds is 4. The molecule has 0 saturated heterocycles. The third-order valence-electron chi connectivity index (χ3n) is 4.64. The molecule has 0 bridgehead atoms. The second-order valence-electron chi connectivity index (χ2n) is 7.43. The van der Waals surface area contributed by atoms with Gasteiger partial charge >= 0.3 is 0 Å². The van der Waals surface area contributed by atoms with Gasteiger partial charge in [-0.25, -0.2) is 0 Å². The minimum Gasteiger partial charge on any atom is -0.496 e. The Balaban J connectivity index is 2.36. The molecule has 1 aromatic carbocycles. The van der Waals surface area contributed by atoms with Crippen LogP contribution in [0.5, 0.6) is 5.75 Å². The molecular formula is C20H31NO. The Morgan fingerprint density at radius 3 is 2.41 bits per heavy atom. The van der Waals surface area contributed by atoms with Crippen molar-refractivity contribution in [3.05, 3.63) is 28.8 Å². The molecule has 122 valence electrons. The van der Waals surface area contributed by atoms with Crippen LogP contribution in [-0.4, -0.2) is 19.4 Å². The number of methoxy groups -OCH3 is 1. The van der Waals surface area contributed by atoms with E-state index in [0.717, 1.165) is 17.7 Å². The van der Waals surface area contributed by atoms with Gasteiger partial charge in [0.15, 0.2) is 0 Å². The summed E-state index contributed by atoms with van der Waals surface area (Å²) < 4.78 is 5.68. The normalized spacial score (nSPS) is 17.1. The number of hydrogen-bond acceptors (Lipinski definition) is 2. The van der Waals surface area contributed by atoms with Crippen molar-refractivity contribution < 1.29 is 4.74 Å². The molecule has 0 aliphatic heterocycles. The summed E-state index contributed by atoms with van der Waals surface area (Å²) in [7, 11) is 1.77. The van der Waals surface area contributed by atoms with E-state index in [9.17, 15) is 0 Å². The van der Waals surface area contributed by atoms with E-state index < -0.39 is 0 Å². The summed E-state index contributed by atoms with van der Waals surface area (Å²) in [5, 5.41) is 0. The molecule has 22 heavy (non-hydrogen) atoms. The van der Waals surface area contributed by atoms with Gasteiger partial charge in [-0.05, 0) is 41.9 Å². The van der Waals surface area contributed by atoms with E-state index in [2.05, 4.69) is 46.0 Å². The minimum absolute atomic E-state index is 0.142. The third kappa shape index (κ3) is 4.12. The SMILES string of the molecule is CCc1cc(C(C)(C)C)cc(C=NC2CCCCC2)c1OC. The largest absolute Gasteiger partial charge is 0.496 e. The highest BCUT2D eigenvalue weighted by molar-refractivity contribution is 5.85. The van der Waals surface area contributed by atoms with E-state index in [1.165, 1.54) is 43.2 Å². The molecule has 1 saturated carbocycles. The second kappa shape index (κ2) is 7.30. The Kier molecular flexibility index (Phi) is 5.66. The van der Waals surface area contributed by atoms with E-state index in [1.807, 2.05) is 0 Å². The van der Waals surface area contributed by atoms with E-state index in [1.54, 1.807) is 7.11 Å². The lowest BCUT2D eigenvalue weighted by atomic mass is 9.84. The summed E-state index contributed by atoms with van der Waals surface area (Å²) in [6.45, 7) is 8.97. The number of nitrogens with zero attached hydrogens (tertiary/aromatic N) is 1. The van der Waals surface area contributed by atoms with Gasteiger partial charge in [0.2, 0.25) is 0 Å². The van der Waals surface area contributed by atoms with Gasteiger partial charge in [-0.3, -0.25) is 4.99 Å². The summed E-state index contributed by atoms with van der Waals surface area (Å²) in [6, 6.07) is 5.04. The first-order chi connectivity index (χ1) is 10.5. The van der Waals surface area contributed by atoms with Crippen molar-refractivity contribution in [1.29, 1.82) is 0 Å². The van der Waals surface area contributed by atoms with Crippen LogP contribution in [0.25, 0.3) is 0 Å². The Morgan fingerprint density at radius 2 is 1.86 bits per heavy atom. The van der Waals surface area contributed by atoms with Crippen LogP contribution in [0.1, 0.15) is 76.5 Å². The van der Waals surface area contributed by atoms with Crippen LogP contribution < -0.4 is 4.74 Å². The topological polar surface area (TPSA) is 21.6 Å². The first kappa shape index (κ1) is 17.1. The molecule has 1 aliphatic carbocycles. The molecule has 0 atom stereocenters. The molecule has 1 aromatic rings. The molecule has 0 spiro atoms. The van der Waals surface area contributed by atoms with Crippen LogP contribution in [0.3, 0.4) is 0 Å². The maximum absolute atomic E-state index is 5.68. The molecule has 0 unspecified atom stereocenters. The predicted molar refractivity (Wildman–Crippen MR) is 95.5 cm³/mol. The maximum atomic E-state index is 5.68. The quantitative estimate of drug-likeness (QED) is 0.691. The lowest BCUT2D eigenvalue weighted by Gasteiger charge is -2.23. The maximum Gasteiger partial charge on any atom is 0.130 e. The Bertz CT molecular complexity index is 519. The van der Waals surface area contributed by atoms with Crippen molar-refractivity contribution in [2.75, 3.05) is 7.11 Å². The smallest absolute Gasteiger partial charge is 0.130 e. The fourth-order valence-corrected chi connectivity index (χ4v) is 3.17. The molecule has 0 aromatic heterocycles. The number of ether oxygens (including phenoxy) is 1. The fraction of sp³-hybridized carbons (Fsp3) is 0.650. The van der Waals surface area contributed by atoms with Gasteiger partial charge in [-0.15, -0.1) is 0 Å². The molecule has 0 amide bonds. The van der Waals surface area contributed by atoms with Gasteiger partial charge < -0.3 is 4.74 Å². The highest BCUT2D eigenvalue weighted by Crippen LogP contribution is 2.31. The van der Waals surface area contributed by atoms with Crippen LogP contribution in [0.4, 0.5) is 0 Å². The molecule has 2 rings (SSSR count). The summed E-state index contributed by atoms with van der Waals surface area (Å²) in [6.07, 6.45) is 9.52. The van der Waals surface area contributed by atoms with Gasteiger partial charge in [0.05, 0.1) is 7.11 Å². The molecule has 1 fully saturated rings. The van der Waals surface area contributed by atoms with Crippen LogP contribution >= 0.6 is 0 Å². The van der Waals surface area contributed by atoms with Gasteiger partial charge in [0.1, 0.15) is 5.75 Å². The summed E-state index contributed by atoms with van der Waals surface area (Å²) in [4.78, 5) is 4.86. The first-order valence-corrected chi connectivity index (χ1v) is 8.70. The van der Waals surface area contributed by atoms with Crippen LogP contribution in [0.2, 0.25) is 0 Å². The number of aliphatic imine (C=N–C) groups is 1. The van der Waals surface area contributed by atoms with Crippen LogP contribution in [0.15, 0.2) is 17.1 Å². The van der Waals surface area contributed by atoms with E-state index in [-0.39, 0.29) is 5.41 Å². The molecule has 2 nitrogen and oxygen atoms in total. The Morgan fingerprint density at radius 1 is 1.18 bits per heavy atom. The van der Waals surface area contributed by atoms with Gasteiger partial charge in [0.25, 0.3) is 0 Å². The standard InChI is InChI=1S/C20H31NO/c1-6-15-12-17(20(2,3)4)13-16(19(15)22-5)14-21-18-10-8-7-9-11-18/h12-14,18H,6-11H2,1-5H3. The Labute approximate surface area is 136 Å². The zero-order chi connectivity index (χ0) is 16.2. The fourth-order valence-electron chi connectivity index (χ4n) is 3.17. The average Bonchev–Trinajstić information content (AvgIpc) is 2.51. The van der Waals surface area contributed by atoms with Crippen molar-refractivity contribution in [3.8, 4) is 5.75 Å². The van der Waals surface area contributed by atoms with Gasteiger partial charge in [-0.1, -0.05) is 53.0 Å². The van der Waals surface area contributed by atoms with Crippen molar-refractivity contribution in [2.45, 2.75) is 77.7 Å². The average molecular weight is 301 g/mol. The van der Waals surface area contributed by atoms with Gasteiger partial charge in [-0.2, -0.15) is 0 Å². The molecule has 1 aliphatic rings. The van der Waals surface area contributed by atoms with Gasteiger partial charge in [0, 0.05) is 17.8 Å². The molecular weight excluding hydrogens is 270 g/mol.